The summed E-state index contributed by atoms with van der Waals surface area (Å²) in [5.74, 6) is 0. The Morgan fingerprint density at radius 3 is 2.80 bits per heavy atom. The van der Waals surface area contributed by atoms with Gasteiger partial charge in [0, 0.05) is 22.2 Å². The minimum atomic E-state index is -0.555. The average molecular weight is 297 g/mol. The van der Waals surface area contributed by atoms with Crippen molar-refractivity contribution in [2.45, 2.75) is 32.8 Å². The molecule has 0 aliphatic rings. The number of halogens is 1. The molecule has 0 aliphatic carbocycles. The number of nitrogens with one attached hydrogen (secondary N) is 1. The second-order valence-electron chi connectivity index (χ2n) is 5.14. The summed E-state index contributed by atoms with van der Waals surface area (Å²) in [5.41, 5.74) is 9.07. The molecule has 0 radical (unpaired) electrons. The lowest BCUT2D eigenvalue weighted by atomic mass is 10.1. The van der Waals surface area contributed by atoms with Gasteiger partial charge in [-0.25, -0.2) is 4.79 Å². The largest absolute Gasteiger partial charge is 0.444 e. The van der Waals surface area contributed by atoms with Crippen molar-refractivity contribution in [2.75, 3.05) is 11.9 Å². The Labute approximate surface area is 122 Å². The van der Waals surface area contributed by atoms with Gasteiger partial charge in [-0.2, -0.15) is 0 Å². The van der Waals surface area contributed by atoms with Crippen LogP contribution in [0.25, 0.3) is 10.4 Å². The molecule has 0 bridgehead atoms. The van der Waals surface area contributed by atoms with E-state index in [9.17, 15) is 4.79 Å². The molecule has 1 rings (SSSR count). The van der Waals surface area contributed by atoms with E-state index >= 15 is 0 Å². The summed E-state index contributed by atoms with van der Waals surface area (Å²) >= 11 is 6.04. The lowest BCUT2D eigenvalue weighted by Crippen LogP contribution is -2.27. The molecule has 0 aromatic heterocycles. The molecule has 0 atom stereocenters. The summed E-state index contributed by atoms with van der Waals surface area (Å²) in [6, 6.07) is 5.10. The van der Waals surface area contributed by atoms with Gasteiger partial charge in [0.25, 0.3) is 0 Å². The minimum Gasteiger partial charge on any atom is -0.444 e. The van der Waals surface area contributed by atoms with E-state index in [0.717, 1.165) is 5.56 Å². The van der Waals surface area contributed by atoms with Crippen LogP contribution in [-0.4, -0.2) is 18.2 Å². The number of amides is 1. The second-order valence-corrected chi connectivity index (χ2v) is 5.54. The number of benzene rings is 1. The zero-order valence-electron chi connectivity index (χ0n) is 11.7. The number of hydrogen-bond acceptors (Lipinski definition) is 3. The Balaban J connectivity index is 2.74. The number of carbonyl (C=O) groups excluding carboxylic acids is 1. The summed E-state index contributed by atoms with van der Waals surface area (Å²) in [6.45, 7) is 5.69. The molecular weight excluding hydrogens is 280 g/mol. The quantitative estimate of drug-likeness (QED) is 0.502. The van der Waals surface area contributed by atoms with Crippen molar-refractivity contribution < 1.29 is 9.53 Å². The Morgan fingerprint density at radius 2 is 2.20 bits per heavy atom. The van der Waals surface area contributed by atoms with Gasteiger partial charge in [0.15, 0.2) is 0 Å². The lowest BCUT2D eigenvalue weighted by Gasteiger charge is -2.19. The SMILES string of the molecule is CC(C)(C)OC(=O)Nc1ccc(Cl)c(CCN=[N+]=[N-])c1. The minimum absolute atomic E-state index is 0.312. The zero-order chi connectivity index (χ0) is 15.2. The molecule has 0 heterocycles. The van der Waals surface area contributed by atoms with Gasteiger partial charge in [-0.1, -0.05) is 16.7 Å². The van der Waals surface area contributed by atoms with Crippen LogP contribution >= 0.6 is 11.6 Å². The van der Waals surface area contributed by atoms with Gasteiger partial charge >= 0.3 is 6.09 Å². The van der Waals surface area contributed by atoms with Crippen LogP contribution in [-0.2, 0) is 11.2 Å². The number of rotatable bonds is 4. The van der Waals surface area contributed by atoms with E-state index in [0.29, 0.717) is 23.7 Å². The topological polar surface area (TPSA) is 87.1 Å². The first-order chi connectivity index (χ1) is 9.31. The number of carbonyl (C=O) groups is 1. The fourth-order valence-corrected chi connectivity index (χ4v) is 1.69. The second kappa shape index (κ2) is 7.03. The Morgan fingerprint density at radius 1 is 1.50 bits per heavy atom. The number of nitrogens with zero attached hydrogens (tertiary/aromatic N) is 3. The van der Waals surface area contributed by atoms with Crippen molar-refractivity contribution in [1.29, 1.82) is 0 Å². The Hall–Kier alpha value is -1.91. The van der Waals surface area contributed by atoms with Crippen LogP contribution in [0.4, 0.5) is 10.5 Å². The molecule has 6 nitrogen and oxygen atoms in total. The monoisotopic (exact) mass is 296 g/mol. The smallest absolute Gasteiger partial charge is 0.412 e. The maximum Gasteiger partial charge on any atom is 0.412 e. The molecular formula is C13H17ClN4O2. The maximum absolute atomic E-state index is 11.7. The molecule has 108 valence electrons. The number of ether oxygens (including phenoxy) is 1. The highest BCUT2D eigenvalue weighted by molar-refractivity contribution is 6.31. The van der Waals surface area contributed by atoms with Crippen LogP contribution in [0.1, 0.15) is 26.3 Å². The average Bonchev–Trinajstić information content (AvgIpc) is 2.31. The molecule has 0 saturated heterocycles. The first-order valence-corrected chi connectivity index (χ1v) is 6.49. The molecule has 1 N–H and O–H groups in total. The van der Waals surface area contributed by atoms with Gasteiger partial charge in [0.1, 0.15) is 5.60 Å². The third kappa shape index (κ3) is 5.82. The first-order valence-electron chi connectivity index (χ1n) is 6.11. The lowest BCUT2D eigenvalue weighted by molar-refractivity contribution is 0.0636. The number of azide groups is 1. The van der Waals surface area contributed by atoms with E-state index in [2.05, 4.69) is 15.3 Å². The number of anilines is 1. The molecule has 0 saturated carbocycles. The molecule has 0 aliphatic heterocycles. The maximum atomic E-state index is 11.7. The number of hydrogen-bond donors (Lipinski definition) is 1. The van der Waals surface area contributed by atoms with E-state index in [1.165, 1.54) is 0 Å². The highest BCUT2D eigenvalue weighted by atomic mass is 35.5. The highest BCUT2D eigenvalue weighted by Gasteiger charge is 2.16. The van der Waals surface area contributed by atoms with Gasteiger partial charge in [-0.05, 0) is 56.5 Å². The van der Waals surface area contributed by atoms with E-state index in [1.807, 2.05) is 0 Å². The van der Waals surface area contributed by atoms with Crippen molar-refractivity contribution in [3.8, 4) is 0 Å². The van der Waals surface area contributed by atoms with Crippen LogP contribution in [0.3, 0.4) is 0 Å². The molecule has 0 unspecified atom stereocenters. The Bertz CT molecular complexity index is 534. The molecule has 1 aromatic rings. The van der Waals surface area contributed by atoms with Crippen molar-refractivity contribution in [2.24, 2.45) is 5.11 Å². The fraction of sp³-hybridized carbons (Fsp3) is 0.462. The van der Waals surface area contributed by atoms with Gasteiger partial charge in [-0.15, -0.1) is 0 Å². The fourth-order valence-electron chi connectivity index (χ4n) is 1.48. The molecule has 20 heavy (non-hydrogen) atoms. The molecule has 0 spiro atoms. The van der Waals surface area contributed by atoms with Gasteiger partial charge in [-0.3, -0.25) is 5.32 Å². The summed E-state index contributed by atoms with van der Waals surface area (Å²) in [5, 5.41) is 6.65. The molecule has 1 aromatic carbocycles. The molecule has 0 fully saturated rings. The van der Waals surface area contributed by atoms with Gasteiger partial charge < -0.3 is 4.74 Å². The predicted molar refractivity (Wildman–Crippen MR) is 79.0 cm³/mol. The van der Waals surface area contributed by atoms with Crippen molar-refractivity contribution in [3.05, 3.63) is 39.2 Å². The van der Waals surface area contributed by atoms with Crippen LogP contribution in [0.2, 0.25) is 5.02 Å². The summed E-state index contributed by atoms with van der Waals surface area (Å²) in [6.07, 6.45) is -0.0203. The van der Waals surface area contributed by atoms with Crippen LogP contribution in [0.15, 0.2) is 23.3 Å². The van der Waals surface area contributed by atoms with Gasteiger partial charge in [0.05, 0.1) is 0 Å². The first kappa shape index (κ1) is 16.1. The third-order valence-corrected chi connectivity index (χ3v) is 2.60. The molecule has 7 heteroatoms. The highest BCUT2D eigenvalue weighted by Crippen LogP contribution is 2.22. The predicted octanol–water partition coefficient (Wildman–Crippen LogP) is 4.54. The van der Waals surface area contributed by atoms with E-state index < -0.39 is 11.7 Å². The van der Waals surface area contributed by atoms with Crippen LogP contribution in [0, 0.1) is 0 Å². The van der Waals surface area contributed by atoms with Crippen molar-refractivity contribution in [3.63, 3.8) is 0 Å². The van der Waals surface area contributed by atoms with Crippen LogP contribution < -0.4 is 5.32 Å². The van der Waals surface area contributed by atoms with Crippen molar-refractivity contribution in [1.82, 2.24) is 0 Å². The standard InChI is InChI=1S/C13H17ClN4O2/c1-13(2,3)20-12(19)17-10-4-5-11(14)9(8-10)6-7-16-18-15/h4-5,8H,6-7H2,1-3H3,(H,17,19). The summed E-state index contributed by atoms with van der Waals surface area (Å²) < 4.78 is 5.16. The summed E-state index contributed by atoms with van der Waals surface area (Å²) in [4.78, 5) is 14.3. The van der Waals surface area contributed by atoms with Crippen LogP contribution in [0.5, 0.6) is 0 Å². The third-order valence-electron chi connectivity index (χ3n) is 2.24. The van der Waals surface area contributed by atoms with E-state index in [1.54, 1.807) is 39.0 Å². The van der Waals surface area contributed by atoms with Crippen molar-refractivity contribution >= 4 is 23.4 Å². The van der Waals surface area contributed by atoms with E-state index in [4.69, 9.17) is 21.9 Å². The molecule has 1 amide bonds. The Kier molecular flexibility index (Phi) is 5.67. The zero-order valence-corrected chi connectivity index (χ0v) is 12.4. The normalized spacial score (nSPS) is 10.6. The van der Waals surface area contributed by atoms with E-state index in [-0.39, 0.29) is 0 Å². The summed E-state index contributed by atoms with van der Waals surface area (Å²) in [7, 11) is 0. The van der Waals surface area contributed by atoms with Gasteiger partial charge in [0.2, 0.25) is 0 Å².